The van der Waals surface area contributed by atoms with Gasteiger partial charge >= 0.3 is 0 Å². The molecule has 3 N–H and O–H groups in total. The number of ether oxygens (including phenoxy) is 1. The first kappa shape index (κ1) is 10.9. The molecule has 0 radical (unpaired) electrons. The molecule has 5 nitrogen and oxygen atoms in total. The van der Waals surface area contributed by atoms with Crippen LogP contribution in [-0.4, -0.2) is 53.4 Å². The molecule has 2 heterocycles. The quantitative estimate of drug-likeness (QED) is 0.592. The van der Waals surface area contributed by atoms with Crippen LogP contribution in [0.2, 0.25) is 0 Å². The van der Waals surface area contributed by atoms with E-state index in [1.165, 1.54) is 0 Å². The lowest BCUT2D eigenvalue weighted by atomic mass is 9.86. The van der Waals surface area contributed by atoms with Gasteiger partial charge in [-0.15, -0.1) is 0 Å². The van der Waals surface area contributed by atoms with Crippen LogP contribution in [0.25, 0.3) is 0 Å². The second-order valence-electron chi connectivity index (χ2n) is 4.93. The zero-order chi connectivity index (χ0) is 11.1. The maximum Gasteiger partial charge on any atom is 0.243 e. The average molecular weight is 214 g/mol. The van der Waals surface area contributed by atoms with Gasteiger partial charge in [-0.3, -0.25) is 4.79 Å². The molecule has 0 atom stereocenters. The molecule has 0 unspecified atom stereocenters. The van der Waals surface area contributed by atoms with Crippen LogP contribution in [0, 0.1) is 0 Å². The number of aliphatic hydroxyl groups is 1. The summed E-state index contributed by atoms with van der Waals surface area (Å²) in [6, 6.07) is 0. The van der Waals surface area contributed by atoms with Gasteiger partial charge in [-0.1, -0.05) is 0 Å². The van der Waals surface area contributed by atoms with Gasteiger partial charge in [0.05, 0.1) is 24.2 Å². The highest BCUT2D eigenvalue weighted by atomic mass is 16.5. The Morgan fingerprint density at radius 1 is 1.40 bits per heavy atom. The summed E-state index contributed by atoms with van der Waals surface area (Å²) < 4.78 is 5.19. The van der Waals surface area contributed by atoms with Gasteiger partial charge in [0.25, 0.3) is 0 Å². The van der Waals surface area contributed by atoms with Crippen LogP contribution < -0.4 is 5.73 Å². The summed E-state index contributed by atoms with van der Waals surface area (Å²) in [5.41, 5.74) is 4.55. The van der Waals surface area contributed by atoms with Gasteiger partial charge in [0.2, 0.25) is 5.91 Å². The second kappa shape index (κ2) is 3.43. The number of hydrogen-bond donors (Lipinski definition) is 2. The minimum absolute atomic E-state index is 0.0441. The monoisotopic (exact) mass is 214 g/mol. The summed E-state index contributed by atoms with van der Waals surface area (Å²) in [6.07, 6.45) is 1.15. The zero-order valence-corrected chi connectivity index (χ0v) is 9.03. The SMILES string of the molecule is CC1(O)CN(C(=O)C2(N)CCOCC2)C1. The third-order valence-corrected chi connectivity index (χ3v) is 3.16. The molecule has 0 aromatic carbocycles. The Morgan fingerprint density at radius 2 is 1.93 bits per heavy atom. The van der Waals surface area contributed by atoms with Crippen molar-refractivity contribution >= 4 is 5.91 Å². The normalized spacial score (nSPS) is 28.3. The van der Waals surface area contributed by atoms with Crippen LogP contribution in [-0.2, 0) is 9.53 Å². The van der Waals surface area contributed by atoms with Crippen molar-refractivity contribution in [2.75, 3.05) is 26.3 Å². The third kappa shape index (κ3) is 2.00. The molecule has 0 aromatic heterocycles. The molecule has 0 aromatic rings. The predicted octanol–water partition coefficient (Wildman–Crippen LogP) is -0.912. The van der Waals surface area contributed by atoms with Crippen LogP contribution in [0.1, 0.15) is 19.8 Å². The number of hydrogen-bond acceptors (Lipinski definition) is 4. The Hall–Kier alpha value is -0.650. The Balaban J connectivity index is 1.96. The number of carbonyl (C=O) groups is 1. The van der Waals surface area contributed by atoms with Gasteiger partial charge in [0.1, 0.15) is 0 Å². The standard InChI is InChI=1S/C10H18N2O3/c1-9(14)6-12(7-9)8(13)10(11)2-4-15-5-3-10/h14H,2-7,11H2,1H3. The lowest BCUT2D eigenvalue weighted by Crippen LogP contribution is -2.68. The van der Waals surface area contributed by atoms with Gasteiger partial charge in [-0.25, -0.2) is 0 Å². The van der Waals surface area contributed by atoms with Gasteiger partial charge in [-0.05, 0) is 19.8 Å². The van der Waals surface area contributed by atoms with Crippen molar-refractivity contribution < 1.29 is 14.6 Å². The Labute approximate surface area is 89.2 Å². The Bertz CT molecular complexity index is 264. The first-order valence-corrected chi connectivity index (χ1v) is 5.31. The highest BCUT2D eigenvalue weighted by molar-refractivity contribution is 5.87. The van der Waals surface area contributed by atoms with Crippen LogP contribution in [0.5, 0.6) is 0 Å². The predicted molar refractivity (Wildman–Crippen MR) is 54.2 cm³/mol. The summed E-state index contributed by atoms with van der Waals surface area (Å²) in [5.74, 6) is -0.0441. The van der Waals surface area contributed by atoms with E-state index in [4.69, 9.17) is 10.5 Å². The topological polar surface area (TPSA) is 75.8 Å². The molecule has 1 amide bonds. The van der Waals surface area contributed by atoms with E-state index in [9.17, 15) is 9.90 Å². The van der Waals surface area contributed by atoms with Crippen molar-refractivity contribution in [2.45, 2.75) is 30.9 Å². The lowest BCUT2D eigenvalue weighted by molar-refractivity contribution is -0.161. The lowest BCUT2D eigenvalue weighted by Gasteiger charge is -2.48. The minimum Gasteiger partial charge on any atom is -0.386 e. The average Bonchev–Trinajstić information content (AvgIpc) is 2.14. The van der Waals surface area contributed by atoms with Gasteiger partial charge in [-0.2, -0.15) is 0 Å². The second-order valence-corrected chi connectivity index (χ2v) is 4.93. The van der Waals surface area contributed by atoms with Gasteiger partial charge < -0.3 is 20.5 Å². The van der Waals surface area contributed by atoms with Crippen LogP contribution in [0.15, 0.2) is 0 Å². The fraction of sp³-hybridized carbons (Fsp3) is 0.900. The molecule has 5 heteroatoms. The summed E-state index contributed by atoms with van der Waals surface area (Å²) in [5, 5.41) is 9.56. The molecule has 2 fully saturated rings. The first-order chi connectivity index (χ1) is 6.93. The van der Waals surface area contributed by atoms with Crippen molar-refractivity contribution in [2.24, 2.45) is 5.73 Å². The molecule has 2 rings (SSSR count). The van der Waals surface area contributed by atoms with Gasteiger partial charge in [0, 0.05) is 13.2 Å². The van der Waals surface area contributed by atoms with Gasteiger partial charge in [0.15, 0.2) is 0 Å². The maximum absolute atomic E-state index is 12.0. The molecule has 0 bridgehead atoms. The van der Waals surface area contributed by atoms with Crippen LogP contribution in [0.4, 0.5) is 0 Å². The highest BCUT2D eigenvalue weighted by Gasteiger charge is 2.46. The van der Waals surface area contributed by atoms with Crippen LogP contribution >= 0.6 is 0 Å². The van der Waals surface area contributed by atoms with E-state index in [1.807, 2.05) is 0 Å². The Kier molecular flexibility index (Phi) is 2.48. The van der Waals surface area contributed by atoms with Crippen molar-refractivity contribution in [1.29, 1.82) is 0 Å². The number of β-amino-alcohol motifs (C(OH)–C–C–N with tert-alkyl or cyclic N) is 1. The fourth-order valence-corrected chi connectivity index (χ4v) is 2.18. The number of nitrogens with zero attached hydrogens (tertiary/aromatic N) is 1. The van der Waals surface area contributed by atoms with E-state index in [-0.39, 0.29) is 5.91 Å². The van der Waals surface area contributed by atoms with E-state index in [2.05, 4.69) is 0 Å². The van der Waals surface area contributed by atoms with E-state index in [1.54, 1.807) is 11.8 Å². The van der Waals surface area contributed by atoms with Crippen molar-refractivity contribution in [1.82, 2.24) is 4.90 Å². The van der Waals surface area contributed by atoms with Crippen molar-refractivity contribution in [3.8, 4) is 0 Å². The molecule has 0 spiro atoms. The van der Waals surface area contributed by atoms with Crippen molar-refractivity contribution in [3.05, 3.63) is 0 Å². The zero-order valence-electron chi connectivity index (χ0n) is 9.03. The third-order valence-electron chi connectivity index (χ3n) is 3.16. The summed E-state index contributed by atoms with van der Waals surface area (Å²) in [4.78, 5) is 13.7. The molecule has 86 valence electrons. The number of nitrogens with two attached hydrogens (primary N) is 1. The number of amides is 1. The molecule has 15 heavy (non-hydrogen) atoms. The minimum atomic E-state index is -0.769. The van der Waals surface area contributed by atoms with E-state index in [0.29, 0.717) is 39.1 Å². The number of rotatable bonds is 1. The van der Waals surface area contributed by atoms with Crippen LogP contribution in [0.3, 0.4) is 0 Å². The maximum atomic E-state index is 12.0. The fourth-order valence-electron chi connectivity index (χ4n) is 2.18. The van der Waals surface area contributed by atoms with E-state index >= 15 is 0 Å². The molecule has 0 aliphatic carbocycles. The van der Waals surface area contributed by atoms with Crippen molar-refractivity contribution in [3.63, 3.8) is 0 Å². The van der Waals surface area contributed by atoms with E-state index in [0.717, 1.165) is 0 Å². The largest absolute Gasteiger partial charge is 0.386 e. The molecule has 2 aliphatic heterocycles. The number of carbonyl (C=O) groups excluding carboxylic acids is 1. The molecule has 2 saturated heterocycles. The molecular weight excluding hydrogens is 196 g/mol. The summed E-state index contributed by atoms with van der Waals surface area (Å²) >= 11 is 0. The molecule has 0 saturated carbocycles. The smallest absolute Gasteiger partial charge is 0.243 e. The Morgan fingerprint density at radius 3 is 2.40 bits per heavy atom. The summed E-state index contributed by atoms with van der Waals surface area (Å²) in [6.45, 7) is 3.61. The number of likely N-dealkylation sites (tertiary alicyclic amines) is 1. The summed E-state index contributed by atoms with van der Waals surface area (Å²) in [7, 11) is 0. The molecular formula is C10H18N2O3. The van der Waals surface area contributed by atoms with E-state index < -0.39 is 11.1 Å². The molecule has 2 aliphatic rings. The highest BCUT2D eigenvalue weighted by Crippen LogP contribution is 2.27. The first-order valence-electron chi connectivity index (χ1n) is 5.31.